The van der Waals surface area contributed by atoms with Crippen LogP contribution < -0.4 is 10.1 Å². The second kappa shape index (κ2) is 6.39. The summed E-state index contributed by atoms with van der Waals surface area (Å²) in [5.74, 6) is 1.93. The van der Waals surface area contributed by atoms with Crippen LogP contribution in [0.4, 0.5) is 0 Å². The summed E-state index contributed by atoms with van der Waals surface area (Å²) >= 11 is 0. The molecule has 2 heteroatoms. The van der Waals surface area contributed by atoms with Gasteiger partial charge in [-0.2, -0.15) is 0 Å². The monoisotopic (exact) mass is 287 g/mol. The van der Waals surface area contributed by atoms with Crippen LogP contribution in [0.25, 0.3) is 0 Å². The molecule has 2 nitrogen and oxygen atoms in total. The number of hydrogen-bond donors (Lipinski definition) is 1. The smallest absolute Gasteiger partial charge is 0.119 e. The molecule has 0 amide bonds. The van der Waals surface area contributed by atoms with Gasteiger partial charge in [-0.25, -0.2) is 0 Å². The zero-order valence-corrected chi connectivity index (χ0v) is 13.5. The van der Waals surface area contributed by atoms with E-state index in [1.807, 2.05) is 6.92 Å². The fourth-order valence-electron chi connectivity index (χ4n) is 3.84. The molecule has 21 heavy (non-hydrogen) atoms. The summed E-state index contributed by atoms with van der Waals surface area (Å²) in [4.78, 5) is 0. The highest BCUT2D eigenvalue weighted by Gasteiger charge is 2.45. The first kappa shape index (κ1) is 14.9. The zero-order chi connectivity index (χ0) is 14.7. The molecule has 1 N–H and O–H groups in total. The Morgan fingerprint density at radius 3 is 2.43 bits per heavy atom. The van der Waals surface area contributed by atoms with E-state index in [-0.39, 0.29) is 0 Å². The van der Waals surface area contributed by atoms with Crippen LogP contribution in [0.5, 0.6) is 5.75 Å². The molecule has 0 saturated heterocycles. The number of nitrogens with one attached hydrogen (secondary N) is 1. The van der Waals surface area contributed by atoms with Crippen LogP contribution in [-0.2, 0) is 5.41 Å². The maximum Gasteiger partial charge on any atom is 0.119 e. The van der Waals surface area contributed by atoms with Gasteiger partial charge in [0.25, 0.3) is 0 Å². The van der Waals surface area contributed by atoms with Crippen LogP contribution in [0.3, 0.4) is 0 Å². The van der Waals surface area contributed by atoms with Crippen LogP contribution in [0.2, 0.25) is 0 Å². The molecular formula is C19H29NO. The Balaban J connectivity index is 1.68. The Kier molecular flexibility index (Phi) is 4.54. The number of ether oxygens (including phenoxy) is 1. The molecule has 1 aromatic carbocycles. The molecule has 1 aromatic rings. The largest absolute Gasteiger partial charge is 0.494 e. The normalized spacial score (nSPS) is 28.2. The zero-order valence-electron chi connectivity index (χ0n) is 13.5. The number of hydrogen-bond acceptors (Lipinski definition) is 2. The lowest BCUT2D eigenvalue weighted by Crippen LogP contribution is -2.49. The van der Waals surface area contributed by atoms with Crippen molar-refractivity contribution in [3.63, 3.8) is 0 Å². The summed E-state index contributed by atoms with van der Waals surface area (Å²) in [6.45, 7) is 6.24. The van der Waals surface area contributed by atoms with Crippen molar-refractivity contribution in [3.8, 4) is 5.75 Å². The predicted molar refractivity (Wildman–Crippen MR) is 87.9 cm³/mol. The molecule has 3 rings (SSSR count). The third-order valence-electron chi connectivity index (χ3n) is 5.14. The fraction of sp³-hybridized carbons (Fsp3) is 0.684. The summed E-state index contributed by atoms with van der Waals surface area (Å²) in [6.07, 6.45) is 8.17. The van der Waals surface area contributed by atoms with Crippen molar-refractivity contribution in [2.75, 3.05) is 13.2 Å². The lowest BCUT2D eigenvalue weighted by atomic mass is 9.57. The first-order valence-corrected chi connectivity index (χ1v) is 8.72. The molecule has 0 bridgehead atoms. The molecule has 0 radical (unpaired) electrons. The molecule has 0 atom stereocenters. The second-order valence-corrected chi connectivity index (χ2v) is 6.96. The summed E-state index contributed by atoms with van der Waals surface area (Å²) in [5.41, 5.74) is 1.89. The van der Waals surface area contributed by atoms with Gasteiger partial charge in [0.2, 0.25) is 0 Å². The highest BCUT2D eigenvalue weighted by molar-refractivity contribution is 5.35. The Morgan fingerprint density at radius 1 is 1.14 bits per heavy atom. The summed E-state index contributed by atoms with van der Waals surface area (Å²) in [5, 5.41) is 3.77. The molecular weight excluding hydrogens is 258 g/mol. The van der Waals surface area contributed by atoms with Gasteiger partial charge in [-0.1, -0.05) is 31.9 Å². The predicted octanol–water partition coefficient (Wildman–Crippen LogP) is 4.29. The first-order chi connectivity index (χ1) is 10.3. The molecule has 116 valence electrons. The van der Waals surface area contributed by atoms with E-state index in [2.05, 4.69) is 36.5 Å². The molecule has 0 aliphatic heterocycles. The van der Waals surface area contributed by atoms with Crippen LogP contribution in [0.1, 0.15) is 57.9 Å². The second-order valence-electron chi connectivity index (χ2n) is 6.96. The van der Waals surface area contributed by atoms with Crippen LogP contribution in [0, 0.1) is 5.92 Å². The average molecular weight is 287 g/mol. The Morgan fingerprint density at radius 2 is 1.86 bits per heavy atom. The number of benzene rings is 1. The van der Waals surface area contributed by atoms with Gasteiger partial charge >= 0.3 is 0 Å². The van der Waals surface area contributed by atoms with Gasteiger partial charge < -0.3 is 10.1 Å². The third-order valence-corrected chi connectivity index (χ3v) is 5.14. The standard InChI is InChI=1S/C19H29NO/c1-3-5-15-12-19(13-15,14-20-17-8-9-17)16-6-10-18(11-7-16)21-4-2/h6-7,10-11,15,17,20H,3-5,8-9,12-14H2,1-2H3. The SMILES string of the molecule is CCCC1CC(CNC2CC2)(c2ccc(OCC)cc2)C1. The van der Waals surface area contributed by atoms with E-state index >= 15 is 0 Å². The van der Waals surface area contributed by atoms with Crippen molar-refractivity contribution in [3.05, 3.63) is 29.8 Å². The minimum atomic E-state index is 0.382. The lowest BCUT2D eigenvalue weighted by molar-refractivity contribution is 0.128. The molecule has 0 aromatic heterocycles. The molecule has 0 unspecified atom stereocenters. The fourth-order valence-corrected chi connectivity index (χ4v) is 3.84. The Labute approximate surface area is 129 Å². The molecule has 2 aliphatic carbocycles. The van der Waals surface area contributed by atoms with Crippen molar-refractivity contribution in [1.29, 1.82) is 0 Å². The van der Waals surface area contributed by atoms with Gasteiger partial charge in [0.05, 0.1) is 6.61 Å². The van der Waals surface area contributed by atoms with Crippen molar-refractivity contribution < 1.29 is 4.74 Å². The maximum absolute atomic E-state index is 5.58. The quantitative estimate of drug-likeness (QED) is 0.770. The Bertz CT molecular complexity index is 443. The van der Waals surface area contributed by atoms with Crippen LogP contribution in [0.15, 0.2) is 24.3 Å². The summed E-state index contributed by atoms with van der Waals surface area (Å²) < 4.78 is 5.58. The van der Waals surface area contributed by atoms with Gasteiger partial charge in [-0.05, 0) is 56.2 Å². The van der Waals surface area contributed by atoms with Gasteiger partial charge in [0.1, 0.15) is 5.75 Å². The van der Waals surface area contributed by atoms with Gasteiger partial charge in [-0.15, -0.1) is 0 Å². The molecule has 0 heterocycles. The number of rotatable bonds is 8. The lowest BCUT2D eigenvalue weighted by Gasteiger charge is -2.49. The topological polar surface area (TPSA) is 21.3 Å². The van der Waals surface area contributed by atoms with Crippen LogP contribution in [-0.4, -0.2) is 19.2 Å². The summed E-state index contributed by atoms with van der Waals surface area (Å²) in [7, 11) is 0. The summed E-state index contributed by atoms with van der Waals surface area (Å²) in [6, 6.07) is 9.67. The van der Waals surface area contributed by atoms with Crippen LogP contribution >= 0.6 is 0 Å². The van der Waals surface area contributed by atoms with E-state index in [0.29, 0.717) is 5.41 Å². The highest BCUT2D eigenvalue weighted by atomic mass is 16.5. The minimum absolute atomic E-state index is 0.382. The van der Waals surface area contributed by atoms with E-state index in [1.165, 1.54) is 44.1 Å². The van der Waals surface area contributed by atoms with Gasteiger partial charge in [-0.3, -0.25) is 0 Å². The van der Waals surface area contributed by atoms with Gasteiger partial charge in [0.15, 0.2) is 0 Å². The van der Waals surface area contributed by atoms with E-state index < -0.39 is 0 Å². The van der Waals surface area contributed by atoms with Crippen molar-refractivity contribution in [2.24, 2.45) is 5.92 Å². The maximum atomic E-state index is 5.58. The van der Waals surface area contributed by atoms with Crippen molar-refractivity contribution >= 4 is 0 Å². The van der Waals surface area contributed by atoms with E-state index in [0.717, 1.165) is 30.9 Å². The molecule has 2 aliphatic rings. The van der Waals surface area contributed by atoms with Gasteiger partial charge in [0, 0.05) is 18.0 Å². The van der Waals surface area contributed by atoms with Crippen molar-refractivity contribution in [2.45, 2.75) is 63.8 Å². The minimum Gasteiger partial charge on any atom is -0.494 e. The van der Waals surface area contributed by atoms with E-state index in [4.69, 9.17) is 4.74 Å². The third kappa shape index (κ3) is 3.42. The van der Waals surface area contributed by atoms with E-state index in [1.54, 1.807) is 0 Å². The molecule has 2 saturated carbocycles. The first-order valence-electron chi connectivity index (χ1n) is 8.72. The van der Waals surface area contributed by atoms with Crippen molar-refractivity contribution in [1.82, 2.24) is 5.32 Å². The Hall–Kier alpha value is -1.02. The average Bonchev–Trinajstić information content (AvgIpc) is 3.27. The van der Waals surface area contributed by atoms with E-state index in [9.17, 15) is 0 Å². The molecule has 0 spiro atoms. The molecule has 2 fully saturated rings. The highest BCUT2D eigenvalue weighted by Crippen LogP contribution is 2.49.